The fourth-order valence-electron chi connectivity index (χ4n) is 0.361. The molecule has 9 heavy (non-hydrogen) atoms. The van der Waals surface area contributed by atoms with Crippen LogP contribution in [-0.4, -0.2) is 20.9 Å². The highest BCUT2D eigenvalue weighted by molar-refractivity contribution is 7.79. The van der Waals surface area contributed by atoms with Crippen LogP contribution in [0.4, 0.5) is 8.78 Å². The molecule has 0 rings (SSSR count). The molecule has 0 aromatic heterocycles. The Morgan fingerprint density at radius 1 is 1.56 bits per heavy atom. The average Bonchev–Trinajstić information content (AvgIpc) is 1.63. The summed E-state index contributed by atoms with van der Waals surface area (Å²) in [6.07, 6.45) is -2.53. The SMILES string of the molecule is O=S(O)CCCC(F)F. The van der Waals surface area contributed by atoms with E-state index in [1.54, 1.807) is 0 Å². The van der Waals surface area contributed by atoms with Gasteiger partial charge in [0.1, 0.15) is 0 Å². The largest absolute Gasteiger partial charge is 0.306 e. The summed E-state index contributed by atoms with van der Waals surface area (Å²) in [4.78, 5) is 0. The van der Waals surface area contributed by atoms with Crippen LogP contribution in [0.5, 0.6) is 0 Å². The minimum absolute atomic E-state index is 0.0513. The van der Waals surface area contributed by atoms with Gasteiger partial charge in [-0.1, -0.05) is 0 Å². The van der Waals surface area contributed by atoms with Crippen molar-refractivity contribution in [2.75, 3.05) is 5.75 Å². The van der Waals surface area contributed by atoms with Crippen LogP contribution in [0.15, 0.2) is 0 Å². The van der Waals surface area contributed by atoms with Gasteiger partial charge in [-0.05, 0) is 6.42 Å². The van der Waals surface area contributed by atoms with Gasteiger partial charge < -0.3 is 4.55 Å². The lowest BCUT2D eigenvalue weighted by molar-refractivity contribution is 0.137. The smallest absolute Gasteiger partial charge is 0.238 e. The van der Waals surface area contributed by atoms with Gasteiger partial charge in [0.15, 0.2) is 11.1 Å². The zero-order valence-electron chi connectivity index (χ0n) is 4.72. The lowest BCUT2D eigenvalue weighted by Crippen LogP contribution is -1.98. The molecular weight excluding hydrogens is 150 g/mol. The molecule has 0 bridgehead atoms. The van der Waals surface area contributed by atoms with Crippen LogP contribution in [0, 0.1) is 0 Å². The highest BCUT2D eigenvalue weighted by Gasteiger charge is 2.02. The van der Waals surface area contributed by atoms with Crippen molar-refractivity contribution in [3.8, 4) is 0 Å². The van der Waals surface area contributed by atoms with Gasteiger partial charge in [0.25, 0.3) is 0 Å². The Balaban J connectivity index is 3.01. The third kappa shape index (κ3) is 7.97. The van der Waals surface area contributed by atoms with E-state index in [-0.39, 0.29) is 18.6 Å². The molecule has 0 fully saturated rings. The van der Waals surface area contributed by atoms with E-state index in [1.165, 1.54) is 0 Å². The van der Waals surface area contributed by atoms with Gasteiger partial charge in [-0.15, -0.1) is 0 Å². The molecule has 0 aliphatic carbocycles. The summed E-state index contributed by atoms with van der Waals surface area (Å²) in [5.74, 6) is -0.0513. The zero-order chi connectivity index (χ0) is 7.28. The molecule has 0 saturated heterocycles. The molecule has 0 radical (unpaired) electrons. The quantitative estimate of drug-likeness (QED) is 0.625. The lowest BCUT2D eigenvalue weighted by atomic mass is 10.4. The molecule has 0 aliphatic rings. The van der Waals surface area contributed by atoms with Crippen molar-refractivity contribution in [3.05, 3.63) is 0 Å². The second kappa shape index (κ2) is 4.81. The molecule has 1 unspecified atom stereocenters. The van der Waals surface area contributed by atoms with E-state index in [2.05, 4.69) is 0 Å². The van der Waals surface area contributed by atoms with Gasteiger partial charge in [0, 0.05) is 12.2 Å². The third-order valence-electron chi connectivity index (χ3n) is 0.741. The maximum absolute atomic E-state index is 11.3. The molecule has 0 aromatic rings. The van der Waals surface area contributed by atoms with E-state index in [4.69, 9.17) is 4.55 Å². The van der Waals surface area contributed by atoms with Gasteiger partial charge in [0.2, 0.25) is 6.43 Å². The van der Waals surface area contributed by atoms with Crippen molar-refractivity contribution < 1.29 is 17.5 Å². The Kier molecular flexibility index (Phi) is 4.80. The van der Waals surface area contributed by atoms with Crippen LogP contribution in [0.1, 0.15) is 12.8 Å². The first-order valence-electron chi connectivity index (χ1n) is 2.48. The van der Waals surface area contributed by atoms with E-state index >= 15 is 0 Å². The Morgan fingerprint density at radius 2 is 2.11 bits per heavy atom. The lowest BCUT2D eigenvalue weighted by Gasteiger charge is -1.94. The van der Waals surface area contributed by atoms with E-state index in [0.717, 1.165) is 0 Å². The summed E-state index contributed by atoms with van der Waals surface area (Å²) in [6.45, 7) is 0. The van der Waals surface area contributed by atoms with Crippen LogP contribution in [0.25, 0.3) is 0 Å². The van der Waals surface area contributed by atoms with Crippen LogP contribution >= 0.6 is 0 Å². The molecule has 0 heterocycles. The predicted molar refractivity (Wildman–Crippen MR) is 30.9 cm³/mol. The summed E-state index contributed by atoms with van der Waals surface area (Å²) in [5.41, 5.74) is 0. The fraction of sp³-hybridized carbons (Fsp3) is 1.00. The molecule has 5 heteroatoms. The minimum Gasteiger partial charge on any atom is -0.306 e. The second-order valence-corrected chi connectivity index (χ2v) is 2.61. The third-order valence-corrected chi connectivity index (χ3v) is 1.38. The maximum atomic E-state index is 11.3. The molecule has 0 aliphatic heterocycles. The van der Waals surface area contributed by atoms with Gasteiger partial charge in [-0.25, -0.2) is 13.0 Å². The number of hydrogen-bond donors (Lipinski definition) is 1. The van der Waals surface area contributed by atoms with E-state index in [9.17, 15) is 13.0 Å². The summed E-state index contributed by atoms with van der Waals surface area (Å²) >= 11 is -1.92. The van der Waals surface area contributed by atoms with Crippen molar-refractivity contribution in [3.63, 3.8) is 0 Å². The molecule has 1 atom stereocenters. The van der Waals surface area contributed by atoms with Crippen molar-refractivity contribution in [2.45, 2.75) is 19.3 Å². The van der Waals surface area contributed by atoms with Crippen molar-refractivity contribution >= 4 is 11.1 Å². The number of halogens is 2. The Morgan fingerprint density at radius 3 is 2.44 bits per heavy atom. The first-order valence-corrected chi connectivity index (χ1v) is 3.76. The van der Waals surface area contributed by atoms with Crippen LogP contribution < -0.4 is 0 Å². The monoisotopic (exact) mass is 158 g/mol. The maximum Gasteiger partial charge on any atom is 0.238 e. The van der Waals surface area contributed by atoms with Gasteiger partial charge >= 0.3 is 0 Å². The van der Waals surface area contributed by atoms with E-state index in [0.29, 0.717) is 0 Å². The Bertz CT molecular complexity index is 96.6. The normalized spacial score (nSPS) is 14.2. The molecule has 0 aromatic carbocycles. The van der Waals surface area contributed by atoms with Gasteiger partial charge in [-0.3, -0.25) is 0 Å². The topological polar surface area (TPSA) is 37.3 Å². The summed E-state index contributed by atoms with van der Waals surface area (Å²) < 4.78 is 40.5. The Hall–Kier alpha value is -0.0300. The second-order valence-electron chi connectivity index (χ2n) is 1.56. The predicted octanol–water partition coefficient (Wildman–Crippen LogP) is 1.25. The number of rotatable bonds is 4. The van der Waals surface area contributed by atoms with E-state index < -0.39 is 17.5 Å². The van der Waals surface area contributed by atoms with Crippen LogP contribution in [-0.2, 0) is 11.1 Å². The molecule has 2 nitrogen and oxygen atoms in total. The molecule has 56 valence electrons. The molecule has 0 spiro atoms. The van der Waals surface area contributed by atoms with Crippen molar-refractivity contribution in [1.82, 2.24) is 0 Å². The first kappa shape index (κ1) is 8.97. The van der Waals surface area contributed by atoms with Crippen molar-refractivity contribution in [2.24, 2.45) is 0 Å². The Labute approximate surface area is 54.5 Å². The standard InChI is InChI=1S/C4H8F2O2S/c5-4(6)2-1-3-9(7)8/h4H,1-3H2,(H,7,8). The highest BCUT2D eigenvalue weighted by Crippen LogP contribution is 2.02. The van der Waals surface area contributed by atoms with E-state index in [1.807, 2.05) is 0 Å². The molecular formula is C4H8F2O2S. The molecule has 0 amide bonds. The molecule has 0 saturated carbocycles. The summed E-state index contributed by atoms with van der Waals surface area (Å²) in [7, 11) is 0. The number of alkyl halides is 2. The highest BCUT2D eigenvalue weighted by atomic mass is 32.2. The summed E-state index contributed by atoms with van der Waals surface area (Å²) in [5, 5.41) is 0. The minimum atomic E-state index is -2.35. The number of hydrogen-bond acceptors (Lipinski definition) is 1. The molecule has 1 N–H and O–H groups in total. The zero-order valence-corrected chi connectivity index (χ0v) is 5.53. The van der Waals surface area contributed by atoms with Crippen LogP contribution in [0.3, 0.4) is 0 Å². The fourth-order valence-corrected chi connectivity index (χ4v) is 0.775. The van der Waals surface area contributed by atoms with Crippen LogP contribution in [0.2, 0.25) is 0 Å². The first-order chi connectivity index (χ1) is 4.13. The average molecular weight is 158 g/mol. The van der Waals surface area contributed by atoms with Gasteiger partial charge in [0.05, 0.1) is 0 Å². The summed E-state index contributed by atoms with van der Waals surface area (Å²) in [6, 6.07) is 0. The van der Waals surface area contributed by atoms with Gasteiger partial charge in [-0.2, -0.15) is 0 Å². The van der Waals surface area contributed by atoms with Crippen molar-refractivity contribution in [1.29, 1.82) is 0 Å².